The van der Waals surface area contributed by atoms with Crippen molar-refractivity contribution in [3.05, 3.63) is 89.6 Å². The molecule has 4 aromatic rings. The molecule has 0 saturated carbocycles. The van der Waals surface area contributed by atoms with Crippen molar-refractivity contribution in [1.29, 1.82) is 0 Å². The van der Waals surface area contributed by atoms with Gasteiger partial charge in [-0.1, -0.05) is 24.3 Å². The average Bonchev–Trinajstić information content (AvgIpc) is 3.44. The highest BCUT2D eigenvalue weighted by molar-refractivity contribution is 5.98. The van der Waals surface area contributed by atoms with Gasteiger partial charge in [0.2, 0.25) is 0 Å². The second-order valence-electron chi connectivity index (χ2n) is 8.61. The van der Waals surface area contributed by atoms with Crippen LogP contribution in [-0.2, 0) is 29.2 Å². The molecule has 37 heavy (non-hydrogen) atoms. The lowest BCUT2D eigenvalue weighted by Crippen LogP contribution is -2.37. The minimum Gasteiger partial charge on any atom is -0.475 e. The number of benzene rings is 1. The number of carboxylic acid groups (broad SMARTS) is 1. The van der Waals surface area contributed by atoms with Crippen molar-refractivity contribution in [1.82, 2.24) is 19.4 Å². The molecule has 5 rings (SSSR count). The normalized spacial score (nSPS) is 15.5. The average molecular weight is 515 g/mol. The van der Waals surface area contributed by atoms with Crippen LogP contribution < -0.4 is 0 Å². The summed E-state index contributed by atoms with van der Waals surface area (Å²) in [6, 6.07) is 19.9. The number of nitrogens with zero attached hydrogens (tertiary/aromatic N) is 3. The van der Waals surface area contributed by atoms with E-state index in [-0.39, 0.29) is 12.0 Å². The number of carboxylic acids is 1. The van der Waals surface area contributed by atoms with Crippen molar-refractivity contribution < 1.29 is 32.6 Å². The molecule has 0 bridgehead atoms. The van der Waals surface area contributed by atoms with Gasteiger partial charge in [0.1, 0.15) is 5.69 Å². The Kier molecular flexibility index (Phi) is 7.63. The topological polar surface area (TPSA) is 100 Å². The highest BCUT2D eigenvalue weighted by Gasteiger charge is 2.38. The van der Waals surface area contributed by atoms with Gasteiger partial charge < -0.3 is 24.3 Å². The number of amides is 1. The van der Waals surface area contributed by atoms with Gasteiger partial charge in [-0.2, -0.15) is 13.2 Å². The number of carbonyl (C=O) groups is 2. The molecule has 0 aliphatic carbocycles. The number of H-pyrrole nitrogens is 1. The lowest BCUT2D eigenvalue weighted by Gasteiger charge is -2.24. The third-order valence-corrected chi connectivity index (χ3v) is 5.80. The zero-order chi connectivity index (χ0) is 26.6. The summed E-state index contributed by atoms with van der Waals surface area (Å²) in [6.45, 7) is 4.20. The molecule has 0 saturated heterocycles. The molecule has 1 aromatic carbocycles. The van der Waals surface area contributed by atoms with Gasteiger partial charge in [0.05, 0.1) is 31.5 Å². The summed E-state index contributed by atoms with van der Waals surface area (Å²) < 4.78 is 40.1. The Bertz CT molecular complexity index is 1360. The zero-order valence-electron chi connectivity index (χ0n) is 19.9. The first kappa shape index (κ1) is 26.0. The molecule has 4 heterocycles. The van der Waals surface area contributed by atoms with E-state index in [9.17, 15) is 18.0 Å². The van der Waals surface area contributed by atoms with Crippen molar-refractivity contribution >= 4 is 22.8 Å². The molecule has 3 aromatic heterocycles. The molecule has 0 radical (unpaired) electrons. The number of nitrogens with one attached hydrogen (secondary N) is 1. The number of para-hydroxylation sites is 1. The molecule has 1 aliphatic rings. The van der Waals surface area contributed by atoms with Gasteiger partial charge in [-0.25, -0.2) is 4.79 Å². The summed E-state index contributed by atoms with van der Waals surface area (Å²) in [4.78, 5) is 31.9. The number of hydrogen-bond acceptors (Lipinski definition) is 4. The maximum absolute atomic E-state index is 13.3. The first-order valence-corrected chi connectivity index (χ1v) is 11.5. The fraction of sp³-hybridized carbons (Fsp3) is 0.269. The number of carbonyl (C=O) groups excluding carboxylic acids is 1. The number of pyridine rings is 1. The van der Waals surface area contributed by atoms with Crippen LogP contribution >= 0.6 is 0 Å². The van der Waals surface area contributed by atoms with E-state index in [1.807, 2.05) is 72.6 Å². The van der Waals surface area contributed by atoms with Crippen molar-refractivity contribution in [2.75, 3.05) is 6.54 Å². The van der Waals surface area contributed by atoms with Crippen molar-refractivity contribution in [2.24, 2.45) is 0 Å². The minimum atomic E-state index is -5.08. The Morgan fingerprint density at radius 3 is 2.57 bits per heavy atom. The molecule has 194 valence electrons. The summed E-state index contributed by atoms with van der Waals surface area (Å²) in [7, 11) is 0. The first-order chi connectivity index (χ1) is 17.6. The van der Waals surface area contributed by atoms with Gasteiger partial charge >= 0.3 is 12.1 Å². The maximum Gasteiger partial charge on any atom is 0.490 e. The molecule has 0 fully saturated rings. The van der Waals surface area contributed by atoms with Crippen LogP contribution in [0, 0.1) is 6.92 Å². The fourth-order valence-corrected chi connectivity index (χ4v) is 4.06. The van der Waals surface area contributed by atoms with Crippen molar-refractivity contribution in [3.63, 3.8) is 0 Å². The molecule has 1 aliphatic heterocycles. The molecular formula is C26H25F3N4O4. The van der Waals surface area contributed by atoms with Gasteiger partial charge in [0.25, 0.3) is 5.91 Å². The van der Waals surface area contributed by atoms with Crippen LogP contribution in [0.15, 0.2) is 66.9 Å². The van der Waals surface area contributed by atoms with Gasteiger partial charge in [0.15, 0.2) is 0 Å². The third-order valence-electron chi connectivity index (χ3n) is 5.80. The monoisotopic (exact) mass is 514 g/mol. The quantitative estimate of drug-likeness (QED) is 0.416. The Morgan fingerprint density at radius 2 is 1.86 bits per heavy atom. The number of ether oxygens (including phenoxy) is 1. The van der Waals surface area contributed by atoms with E-state index in [4.69, 9.17) is 14.6 Å². The first-order valence-electron chi connectivity index (χ1n) is 11.5. The van der Waals surface area contributed by atoms with Crippen molar-refractivity contribution in [2.45, 2.75) is 38.9 Å². The molecular weight excluding hydrogens is 489 g/mol. The second kappa shape index (κ2) is 10.9. The van der Waals surface area contributed by atoms with Crippen LogP contribution in [0.25, 0.3) is 10.9 Å². The largest absolute Gasteiger partial charge is 0.490 e. The molecule has 8 nitrogen and oxygen atoms in total. The number of aromatic amines is 1. The summed E-state index contributed by atoms with van der Waals surface area (Å²) in [5, 5.41) is 8.16. The highest BCUT2D eigenvalue weighted by atomic mass is 19.4. The standard InChI is InChI=1S/C24H24N4O2.C2HF3O2/c1-17-6-4-8-19(25-17)16-30-21-14-27-11-5-9-20(27)13-28(15-21)24(29)23-12-18-7-2-3-10-22(18)26-23;3-2(4,5)1(6)7/h2-12,21,26H,13-16H2,1H3;(H,6,7). The summed E-state index contributed by atoms with van der Waals surface area (Å²) in [5.41, 5.74) is 4.56. The lowest BCUT2D eigenvalue weighted by molar-refractivity contribution is -0.192. The Labute approximate surface area is 210 Å². The van der Waals surface area contributed by atoms with Gasteiger partial charge in [-0.3, -0.25) is 9.78 Å². The van der Waals surface area contributed by atoms with Crippen LogP contribution in [0.4, 0.5) is 13.2 Å². The van der Waals surface area contributed by atoms with Crippen molar-refractivity contribution in [3.8, 4) is 0 Å². The van der Waals surface area contributed by atoms with Crippen LogP contribution in [-0.4, -0.2) is 55.2 Å². The van der Waals surface area contributed by atoms with E-state index < -0.39 is 12.1 Å². The van der Waals surface area contributed by atoms with Crippen LogP contribution in [0.2, 0.25) is 0 Å². The molecule has 1 atom stereocenters. The number of aliphatic carboxylic acids is 1. The lowest BCUT2D eigenvalue weighted by atomic mass is 10.2. The number of aromatic nitrogens is 3. The molecule has 2 N–H and O–H groups in total. The second-order valence-corrected chi connectivity index (χ2v) is 8.61. The van der Waals surface area contributed by atoms with Gasteiger partial charge in [-0.05, 0) is 43.3 Å². The minimum absolute atomic E-state index is 0.0110. The Balaban J connectivity index is 0.000000405. The van der Waals surface area contributed by atoms with E-state index in [0.717, 1.165) is 28.0 Å². The molecule has 11 heteroatoms. The van der Waals surface area contributed by atoms with E-state index >= 15 is 0 Å². The number of alkyl halides is 3. The summed E-state index contributed by atoms with van der Waals surface area (Å²) in [6.07, 6.45) is -3.15. The smallest absolute Gasteiger partial charge is 0.475 e. The predicted octanol–water partition coefficient (Wildman–Crippen LogP) is 4.55. The van der Waals surface area contributed by atoms with Crippen LogP contribution in [0.3, 0.4) is 0 Å². The SMILES string of the molecule is Cc1cccc(COC2CN(C(=O)c3cc4ccccc4[nH]3)Cc3cccn3C2)n1.O=C(O)C(F)(F)F. The Hall–Kier alpha value is -4.12. The predicted molar refractivity (Wildman–Crippen MR) is 129 cm³/mol. The molecule has 0 spiro atoms. The number of hydrogen-bond donors (Lipinski definition) is 2. The molecule has 1 amide bonds. The van der Waals surface area contributed by atoms with Crippen LogP contribution in [0.5, 0.6) is 0 Å². The molecule has 1 unspecified atom stereocenters. The number of aryl methyl sites for hydroxylation is 1. The number of rotatable bonds is 4. The zero-order valence-corrected chi connectivity index (χ0v) is 19.9. The number of fused-ring (bicyclic) bond motifs is 2. The maximum atomic E-state index is 13.3. The Morgan fingerprint density at radius 1 is 1.11 bits per heavy atom. The summed E-state index contributed by atoms with van der Waals surface area (Å²) in [5.74, 6) is -2.77. The van der Waals surface area contributed by atoms with E-state index in [1.165, 1.54) is 0 Å². The van der Waals surface area contributed by atoms with Gasteiger partial charge in [-0.15, -0.1) is 0 Å². The number of halogens is 3. The third kappa shape index (κ3) is 6.56. The fourth-order valence-electron chi connectivity index (χ4n) is 4.06. The van der Waals surface area contributed by atoms with Gasteiger partial charge in [0, 0.05) is 35.0 Å². The van der Waals surface area contributed by atoms with Crippen LogP contribution in [0.1, 0.15) is 27.6 Å². The highest BCUT2D eigenvalue weighted by Crippen LogP contribution is 2.21. The van der Waals surface area contributed by atoms with E-state index in [2.05, 4.69) is 20.6 Å². The summed E-state index contributed by atoms with van der Waals surface area (Å²) >= 11 is 0. The van der Waals surface area contributed by atoms with E-state index in [1.54, 1.807) is 0 Å². The van der Waals surface area contributed by atoms with E-state index in [0.29, 0.717) is 31.9 Å².